The summed E-state index contributed by atoms with van der Waals surface area (Å²) in [7, 11) is 0. The highest BCUT2D eigenvalue weighted by Gasteiger charge is 2.08. The predicted molar refractivity (Wildman–Crippen MR) is 75.5 cm³/mol. The first-order chi connectivity index (χ1) is 8.81. The van der Waals surface area contributed by atoms with Crippen LogP contribution in [0.25, 0.3) is 6.08 Å². The number of rotatable bonds is 3. The number of amides is 1. The normalized spacial score (nSPS) is 10.5. The zero-order valence-electron chi connectivity index (χ0n) is 10.3. The van der Waals surface area contributed by atoms with Crippen molar-refractivity contribution in [3.05, 3.63) is 71.8 Å². The standard InChI is InChI=1S/C16H15NO/c1-2-8-13-9-6-7-12-15(13)16(18)17-14-10-4-3-5-11-14/h2-12H,1H3,(H,17,18)/b8-2+. The molecule has 0 atom stereocenters. The molecule has 0 aliphatic carbocycles. The van der Waals surface area contributed by atoms with Gasteiger partial charge in [0.25, 0.3) is 5.91 Å². The smallest absolute Gasteiger partial charge is 0.256 e. The second kappa shape index (κ2) is 5.82. The highest BCUT2D eigenvalue weighted by molar-refractivity contribution is 6.06. The van der Waals surface area contributed by atoms with Crippen molar-refractivity contribution in [2.45, 2.75) is 6.92 Å². The summed E-state index contributed by atoms with van der Waals surface area (Å²) in [4.78, 5) is 12.2. The minimum atomic E-state index is -0.0881. The highest BCUT2D eigenvalue weighted by Crippen LogP contribution is 2.14. The average Bonchev–Trinajstić information content (AvgIpc) is 2.41. The van der Waals surface area contributed by atoms with Gasteiger partial charge in [-0.15, -0.1) is 0 Å². The zero-order valence-corrected chi connectivity index (χ0v) is 10.3. The van der Waals surface area contributed by atoms with E-state index in [1.165, 1.54) is 0 Å². The molecule has 0 aromatic heterocycles. The molecule has 0 unspecified atom stereocenters. The van der Waals surface area contributed by atoms with Gasteiger partial charge in [0.15, 0.2) is 0 Å². The molecule has 0 spiro atoms. The Balaban J connectivity index is 2.24. The Bertz CT molecular complexity index is 558. The summed E-state index contributed by atoms with van der Waals surface area (Å²) >= 11 is 0. The number of anilines is 1. The number of hydrogen-bond acceptors (Lipinski definition) is 1. The van der Waals surface area contributed by atoms with Crippen LogP contribution in [-0.2, 0) is 0 Å². The second-order valence-electron chi connectivity index (χ2n) is 3.91. The molecule has 0 fully saturated rings. The zero-order chi connectivity index (χ0) is 12.8. The van der Waals surface area contributed by atoms with E-state index in [2.05, 4.69) is 5.32 Å². The molecule has 2 heteroatoms. The molecule has 0 aliphatic heterocycles. The number of carbonyl (C=O) groups is 1. The lowest BCUT2D eigenvalue weighted by Crippen LogP contribution is -2.13. The molecule has 0 aliphatic rings. The summed E-state index contributed by atoms with van der Waals surface area (Å²) in [6, 6.07) is 17.0. The Hall–Kier alpha value is -2.35. The molecule has 0 saturated carbocycles. The summed E-state index contributed by atoms with van der Waals surface area (Å²) < 4.78 is 0. The van der Waals surface area contributed by atoms with Gasteiger partial charge in [0, 0.05) is 11.3 Å². The van der Waals surface area contributed by atoms with Crippen LogP contribution in [0.4, 0.5) is 5.69 Å². The monoisotopic (exact) mass is 237 g/mol. The van der Waals surface area contributed by atoms with E-state index >= 15 is 0 Å². The van der Waals surface area contributed by atoms with Crippen molar-refractivity contribution in [1.29, 1.82) is 0 Å². The van der Waals surface area contributed by atoms with E-state index in [0.717, 1.165) is 11.3 Å². The Morgan fingerprint density at radius 3 is 2.39 bits per heavy atom. The van der Waals surface area contributed by atoms with E-state index in [-0.39, 0.29) is 5.91 Å². The van der Waals surface area contributed by atoms with Crippen molar-refractivity contribution in [2.24, 2.45) is 0 Å². The molecule has 0 saturated heterocycles. The fourth-order valence-corrected chi connectivity index (χ4v) is 1.75. The van der Waals surface area contributed by atoms with Crippen LogP contribution in [0.2, 0.25) is 0 Å². The summed E-state index contributed by atoms with van der Waals surface area (Å²) in [6.45, 7) is 1.94. The van der Waals surface area contributed by atoms with E-state index < -0.39 is 0 Å². The van der Waals surface area contributed by atoms with Gasteiger partial charge in [-0.05, 0) is 30.7 Å². The fourth-order valence-electron chi connectivity index (χ4n) is 1.75. The predicted octanol–water partition coefficient (Wildman–Crippen LogP) is 3.97. The first-order valence-electron chi connectivity index (χ1n) is 5.89. The van der Waals surface area contributed by atoms with E-state index in [0.29, 0.717) is 5.56 Å². The van der Waals surface area contributed by atoms with Crippen molar-refractivity contribution in [3.63, 3.8) is 0 Å². The first-order valence-corrected chi connectivity index (χ1v) is 5.89. The number of allylic oxidation sites excluding steroid dienone is 1. The summed E-state index contributed by atoms with van der Waals surface area (Å²) in [6.07, 6.45) is 3.86. The maximum Gasteiger partial charge on any atom is 0.256 e. The lowest BCUT2D eigenvalue weighted by molar-refractivity contribution is 0.102. The van der Waals surface area contributed by atoms with Crippen LogP contribution in [0.5, 0.6) is 0 Å². The van der Waals surface area contributed by atoms with Gasteiger partial charge < -0.3 is 5.32 Å². The maximum absolute atomic E-state index is 12.2. The van der Waals surface area contributed by atoms with Gasteiger partial charge in [-0.1, -0.05) is 48.6 Å². The van der Waals surface area contributed by atoms with E-state index in [1.807, 2.05) is 73.7 Å². The van der Waals surface area contributed by atoms with Gasteiger partial charge in [0.1, 0.15) is 0 Å². The number of para-hydroxylation sites is 1. The number of hydrogen-bond donors (Lipinski definition) is 1. The number of benzene rings is 2. The van der Waals surface area contributed by atoms with E-state index in [9.17, 15) is 4.79 Å². The molecule has 2 rings (SSSR count). The van der Waals surface area contributed by atoms with Gasteiger partial charge >= 0.3 is 0 Å². The third kappa shape index (κ3) is 2.86. The SMILES string of the molecule is C/C=C/c1ccccc1C(=O)Nc1ccccc1. The van der Waals surface area contributed by atoms with Gasteiger partial charge in [-0.25, -0.2) is 0 Å². The molecule has 2 aromatic rings. The average molecular weight is 237 g/mol. The lowest BCUT2D eigenvalue weighted by atomic mass is 10.1. The van der Waals surface area contributed by atoms with Crippen LogP contribution in [-0.4, -0.2) is 5.91 Å². The van der Waals surface area contributed by atoms with Crippen LogP contribution in [0.15, 0.2) is 60.7 Å². The van der Waals surface area contributed by atoms with Crippen molar-refractivity contribution in [3.8, 4) is 0 Å². The molecule has 2 nitrogen and oxygen atoms in total. The number of nitrogens with one attached hydrogen (secondary N) is 1. The largest absolute Gasteiger partial charge is 0.322 e. The van der Waals surface area contributed by atoms with Gasteiger partial charge in [0.2, 0.25) is 0 Å². The summed E-state index contributed by atoms with van der Waals surface area (Å²) in [5.41, 5.74) is 2.41. The Labute approximate surface area is 107 Å². The van der Waals surface area contributed by atoms with Gasteiger partial charge in [-0.3, -0.25) is 4.79 Å². The highest BCUT2D eigenvalue weighted by atomic mass is 16.1. The van der Waals surface area contributed by atoms with Gasteiger partial charge in [0.05, 0.1) is 0 Å². The molecule has 2 aromatic carbocycles. The minimum absolute atomic E-state index is 0.0881. The molecule has 1 amide bonds. The molecule has 0 radical (unpaired) electrons. The molecular weight excluding hydrogens is 222 g/mol. The Morgan fingerprint density at radius 2 is 1.67 bits per heavy atom. The molecule has 1 N–H and O–H groups in total. The van der Waals surface area contributed by atoms with Gasteiger partial charge in [-0.2, -0.15) is 0 Å². The Morgan fingerprint density at radius 1 is 1.00 bits per heavy atom. The molecule has 18 heavy (non-hydrogen) atoms. The quantitative estimate of drug-likeness (QED) is 0.859. The first kappa shape index (κ1) is 12.1. The van der Waals surface area contributed by atoms with Crippen molar-refractivity contribution < 1.29 is 4.79 Å². The summed E-state index contributed by atoms with van der Waals surface area (Å²) in [5, 5.41) is 2.88. The van der Waals surface area contributed by atoms with Crippen molar-refractivity contribution in [1.82, 2.24) is 0 Å². The van der Waals surface area contributed by atoms with E-state index in [1.54, 1.807) is 0 Å². The number of carbonyl (C=O) groups excluding carboxylic acids is 1. The second-order valence-corrected chi connectivity index (χ2v) is 3.91. The van der Waals surface area contributed by atoms with Crippen molar-refractivity contribution in [2.75, 3.05) is 5.32 Å². The molecular formula is C16H15NO. The Kier molecular flexibility index (Phi) is 3.92. The van der Waals surface area contributed by atoms with Crippen LogP contribution in [0, 0.1) is 0 Å². The van der Waals surface area contributed by atoms with Crippen LogP contribution >= 0.6 is 0 Å². The third-order valence-electron chi connectivity index (χ3n) is 2.58. The maximum atomic E-state index is 12.2. The summed E-state index contributed by atoms with van der Waals surface area (Å²) in [5.74, 6) is -0.0881. The van der Waals surface area contributed by atoms with Crippen LogP contribution in [0.1, 0.15) is 22.8 Å². The van der Waals surface area contributed by atoms with Crippen LogP contribution in [0.3, 0.4) is 0 Å². The molecule has 0 bridgehead atoms. The van der Waals surface area contributed by atoms with Crippen molar-refractivity contribution >= 4 is 17.7 Å². The topological polar surface area (TPSA) is 29.1 Å². The fraction of sp³-hybridized carbons (Fsp3) is 0.0625. The van der Waals surface area contributed by atoms with Crippen LogP contribution < -0.4 is 5.32 Å². The molecule has 0 heterocycles. The minimum Gasteiger partial charge on any atom is -0.322 e. The lowest BCUT2D eigenvalue weighted by Gasteiger charge is -2.07. The van der Waals surface area contributed by atoms with E-state index in [4.69, 9.17) is 0 Å². The third-order valence-corrected chi connectivity index (χ3v) is 2.58. The molecule has 90 valence electrons.